The van der Waals surface area contributed by atoms with Crippen molar-refractivity contribution in [2.75, 3.05) is 6.61 Å². The number of carboxylic acid groups (broad SMARTS) is 2. The van der Waals surface area contributed by atoms with E-state index in [9.17, 15) is 64.8 Å². The summed E-state index contributed by atoms with van der Waals surface area (Å²) in [6.45, 7) is 2.23. The Morgan fingerprint density at radius 2 is 1.04 bits per heavy atom. The molecule has 21 heteroatoms. The topological polar surface area (TPSA) is 329 Å². The van der Waals surface area contributed by atoms with Crippen molar-refractivity contribution < 1.29 is 88.5 Å². The largest absolute Gasteiger partial charge is 0.479 e. The standard InChI is InChI=1S/C24H37N3O18/c1-5(29)25-9-13(33)15(35)18(20(36)37)44-23(9)43-17-14(34)10(26-6(2)30)24(45-19(17)21(38)39)42-16-11(27-7(3)31)22(40)41-8(4-28)12(16)32/h8-19,22-24,28,32-35,40H,4H2,1-3H3,(H,25,29)(H,26,30)(H,27,31)(H,36,37)(H,38,39)/t8-,9-,10-,11-,12-,13-,14-,15-,16-,17-,18+,19+,22?,23+,24+/m1/s1. The number of ether oxygens (including phenoxy) is 5. The minimum absolute atomic E-state index is 0.723. The van der Waals surface area contributed by atoms with E-state index in [4.69, 9.17) is 23.7 Å². The predicted octanol–water partition coefficient (Wildman–Crippen LogP) is -6.96. The second-order valence-electron chi connectivity index (χ2n) is 10.6. The van der Waals surface area contributed by atoms with Gasteiger partial charge >= 0.3 is 11.9 Å². The molecule has 3 aliphatic heterocycles. The molecule has 3 rings (SSSR count). The maximum absolute atomic E-state index is 12.3. The molecular weight excluding hydrogens is 618 g/mol. The lowest BCUT2D eigenvalue weighted by atomic mass is 9.93. The molecule has 3 fully saturated rings. The van der Waals surface area contributed by atoms with Crippen LogP contribution in [0.2, 0.25) is 0 Å². The van der Waals surface area contributed by atoms with Crippen LogP contribution < -0.4 is 16.0 Å². The number of amides is 3. The number of aliphatic hydroxyl groups is 6. The predicted molar refractivity (Wildman–Crippen MR) is 137 cm³/mol. The number of carboxylic acids is 2. The molecule has 0 saturated carbocycles. The fourth-order valence-electron chi connectivity index (χ4n) is 5.22. The molecule has 0 spiro atoms. The van der Waals surface area contributed by atoms with Gasteiger partial charge in [0.2, 0.25) is 17.7 Å². The number of hydrogen-bond acceptors (Lipinski definition) is 16. The maximum Gasteiger partial charge on any atom is 0.335 e. The molecule has 0 radical (unpaired) electrons. The third kappa shape index (κ3) is 8.20. The summed E-state index contributed by atoms with van der Waals surface area (Å²) in [5.74, 6) is -5.92. The molecular formula is C24H37N3O18. The van der Waals surface area contributed by atoms with E-state index in [2.05, 4.69) is 16.0 Å². The van der Waals surface area contributed by atoms with Crippen molar-refractivity contribution in [3.05, 3.63) is 0 Å². The number of nitrogens with one attached hydrogen (secondary N) is 3. The van der Waals surface area contributed by atoms with Crippen LogP contribution in [0.3, 0.4) is 0 Å². The maximum atomic E-state index is 12.3. The van der Waals surface area contributed by atoms with Crippen molar-refractivity contribution in [2.24, 2.45) is 0 Å². The minimum Gasteiger partial charge on any atom is -0.479 e. The van der Waals surface area contributed by atoms with Gasteiger partial charge in [-0.05, 0) is 0 Å². The molecule has 21 nitrogen and oxygen atoms in total. The van der Waals surface area contributed by atoms with Gasteiger partial charge in [0.15, 0.2) is 31.1 Å². The zero-order valence-electron chi connectivity index (χ0n) is 24.0. The van der Waals surface area contributed by atoms with Crippen LogP contribution in [0.15, 0.2) is 0 Å². The van der Waals surface area contributed by atoms with Gasteiger partial charge in [-0.25, -0.2) is 9.59 Å². The van der Waals surface area contributed by atoms with Crippen LogP contribution in [0.1, 0.15) is 20.8 Å². The van der Waals surface area contributed by atoms with Gasteiger partial charge in [-0.2, -0.15) is 0 Å². The summed E-state index contributed by atoms with van der Waals surface area (Å²) in [7, 11) is 0. The lowest BCUT2D eigenvalue weighted by Gasteiger charge is -2.49. The molecule has 0 aliphatic carbocycles. The summed E-state index contributed by atoms with van der Waals surface area (Å²) in [6.07, 6.45) is -23.4. The second kappa shape index (κ2) is 15.0. The molecule has 3 heterocycles. The highest BCUT2D eigenvalue weighted by Gasteiger charge is 2.56. The van der Waals surface area contributed by atoms with E-state index < -0.39 is 128 Å². The summed E-state index contributed by atoms with van der Waals surface area (Å²) in [5, 5.41) is 89.0. The number of carbonyl (C=O) groups excluding carboxylic acids is 3. The molecule has 0 aromatic rings. The molecule has 3 saturated heterocycles. The van der Waals surface area contributed by atoms with E-state index in [1.165, 1.54) is 0 Å². The molecule has 45 heavy (non-hydrogen) atoms. The van der Waals surface area contributed by atoms with Gasteiger partial charge < -0.3 is 80.5 Å². The van der Waals surface area contributed by atoms with Crippen LogP contribution in [-0.2, 0) is 47.7 Å². The van der Waals surface area contributed by atoms with E-state index in [0.717, 1.165) is 20.8 Å². The van der Waals surface area contributed by atoms with Crippen molar-refractivity contribution in [3.8, 4) is 0 Å². The number of aliphatic carboxylic acids is 2. The van der Waals surface area contributed by atoms with Gasteiger partial charge in [-0.1, -0.05) is 0 Å². The summed E-state index contributed by atoms with van der Waals surface area (Å²) in [4.78, 5) is 59.7. The van der Waals surface area contributed by atoms with Crippen LogP contribution in [-0.4, -0.2) is 169 Å². The average molecular weight is 656 g/mol. The van der Waals surface area contributed by atoms with E-state index in [1.807, 2.05) is 0 Å². The van der Waals surface area contributed by atoms with Gasteiger partial charge in [-0.3, -0.25) is 14.4 Å². The van der Waals surface area contributed by atoms with Gasteiger partial charge in [0, 0.05) is 20.8 Å². The van der Waals surface area contributed by atoms with Crippen LogP contribution in [0.5, 0.6) is 0 Å². The van der Waals surface area contributed by atoms with E-state index >= 15 is 0 Å². The van der Waals surface area contributed by atoms with Gasteiger partial charge in [0.25, 0.3) is 0 Å². The molecule has 0 aromatic carbocycles. The third-order valence-electron chi connectivity index (χ3n) is 7.23. The number of carbonyl (C=O) groups is 5. The van der Waals surface area contributed by atoms with Crippen LogP contribution in [0, 0.1) is 0 Å². The zero-order valence-corrected chi connectivity index (χ0v) is 24.0. The first-order valence-corrected chi connectivity index (χ1v) is 13.5. The van der Waals surface area contributed by atoms with Crippen molar-refractivity contribution in [1.29, 1.82) is 0 Å². The Morgan fingerprint density at radius 1 is 0.600 bits per heavy atom. The lowest BCUT2D eigenvalue weighted by molar-refractivity contribution is -0.341. The monoisotopic (exact) mass is 655 g/mol. The van der Waals surface area contributed by atoms with Gasteiger partial charge in [0.05, 0.1) is 6.61 Å². The van der Waals surface area contributed by atoms with Crippen molar-refractivity contribution in [1.82, 2.24) is 16.0 Å². The fourth-order valence-corrected chi connectivity index (χ4v) is 5.22. The molecule has 3 amide bonds. The molecule has 11 N–H and O–H groups in total. The van der Waals surface area contributed by atoms with Crippen molar-refractivity contribution in [3.63, 3.8) is 0 Å². The van der Waals surface area contributed by atoms with Crippen molar-refractivity contribution in [2.45, 2.75) is 113 Å². The van der Waals surface area contributed by atoms with Gasteiger partial charge in [-0.15, -0.1) is 0 Å². The first-order chi connectivity index (χ1) is 21.0. The molecule has 0 aromatic heterocycles. The first-order valence-electron chi connectivity index (χ1n) is 13.5. The minimum atomic E-state index is -2.22. The van der Waals surface area contributed by atoms with Crippen molar-refractivity contribution >= 4 is 29.7 Å². The summed E-state index contributed by atoms with van der Waals surface area (Å²) < 4.78 is 27.2. The van der Waals surface area contributed by atoms with E-state index in [0.29, 0.717) is 0 Å². The number of aliphatic hydroxyl groups excluding tert-OH is 6. The highest BCUT2D eigenvalue weighted by molar-refractivity contribution is 5.76. The van der Waals surface area contributed by atoms with E-state index in [1.54, 1.807) is 0 Å². The van der Waals surface area contributed by atoms with E-state index in [-0.39, 0.29) is 0 Å². The molecule has 3 aliphatic rings. The summed E-state index contributed by atoms with van der Waals surface area (Å²) >= 11 is 0. The summed E-state index contributed by atoms with van der Waals surface area (Å²) in [6, 6.07) is -4.98. The zero-order chi connectivity index (χ0) is 33.9. The fraction of sp³-hybridized carbons (Fsp3) is 0.792. The lowest BCUT2D eigenvalue weighted by Crippen LogP contribution is -2.71. The van der Waals surface area contributed by atoms with Gasteiger partial charge in [0.1, 0.15) is 60.9 Å². The first kappa shape index (κ1) is 36.4. The quantitative estimate of drug-likeness (QED) is 0.104. The Balaban J connectivity index is 1.98. The molecule has 256 valence electrons. The Bertz CT molecular complexity index is 1110. The Labute approximate surface area is 253 Å². The highest BCUT2D eigenvalue weighted by atomic mass is 16.7. The number of rotatable bonds is 10. The van der Waals surface area contributed by atoms with Crippen LogP contribution in [0.25, 0.3) is 0 Å². The SMILES string of the molecule is CC(=O)N[C@H]1[C@@H](O[C@H]2[C@H](O)[C@@H](CO)OC(O)[C@@H]2NC(C)=O)O[C@H](C(=O)O)[C@H](O[C@H]2O[C@H](C(=O)O)[C@H](O)[C@H](O)[C@H]2NC(C)=O)[C@@H]1O. The Morgan fingerprint density at radius 3 is 1.51 bits per heavy atom. The highest BCUT2D eigenvalue weighted by Crippen LogP contribution is 2.32. The molecule has 0 bridgehead atoms. The summed E-state index contributed by atoms with van der Waals surface area (Å²) in [5.41, 5.74) is 0. The van der Waals surface area contributed by atoms with Crippen LogP contribution >= 0.6 is 0 Å². The molecule has 1 unspecified atom stereocenters. The molecule has 15 atom stereocenters. The normalized spacial score (nSPS) is 41.8. The Hall–Kier alpha value is -3.09. The number of hydrogen-bond donors (Lipinski definition) is 11. The Kier molecular flexibility index (Phi) is 12.1. The average Bonchev–Trinajstić information content (AvgIpc) is 2.93. The smallest absolute Gasteiger partial charge is 0.335 e. The van der Waals surface area contributed by atoms with Crippen LogP contribution in [0.4, 0.5) is 0 Å². The third-order valence-corrected chi connectivity index (χ3v) is 7.23. The second-order valence-corrected chi connectivity index (χ2v) is 10.6.